The molecule has 0 radical (unpaired) electrons. The number of halogens is 1. The van der Waals surface area contributed by atoms with Gasteiger partial charge >= 0.3 is 0 Å². The van der Waals surface area contributed by atoms with Gasteiger partial charge in [0, 0.05) is 6.04 Å². The van der Waals surface area contributed by atoms with Crippen molar-refractivity contribution in [2.75, 3.05) is 7.05 Å². The molecule has 0 spiro atoms. The van der Waals surface area contributed by atoms with E-state index in [-0.39, 0.29) is 5.82 Å². The molecule has 0 aliphatic rings. The number of ether oxygens (including phenoxy) is 1. The van der Waals surface area contributed by atoms with Gasteiger partial charge in [-0.3, -0.25) is 0 Å². The van der Waals surface area contributed by atoms with E-state index in [1.807, 2.05) is 26.1 Å². The van der Waals surface area contributed by atoms with Gasteiger partial charge in [0.1, 0.15) is 18.2 Å². The SMILES string of the molecule is CNC(C)Cc1ccc(OCc2ccc(F)cc2C)cc1. The van der Waals surface area contributed by atoms with Crippen molar-refractivity contribution in [3.63, 3.8) is 0 Å². The van der Waals surface area contributed by atoms with Crippen LogP contribution in [-0.4, -0.2) is 13.1 Å². The summed E-state index contributed by atoms with van der Waals surface area (Å²) in [5.41, 5.74) is 3.20. The highest BCUT2D eigenvalue weighted by Crippen LogP contribution is 2.17. The van der Waals surface area contributed by atoms with Gasteiger partial charge in [-0.2, -0.15) is 0 Å². The normalized spacial score (nSPS) is 12.2. The molecule has 21 heavy (non-hydrogen) atoms. The van der Waals surface area contributed by atoms with Crippen molar-refractivity contribution in [2.24, 2.45) is 0 Å². The molecule has 2 rings (SSSR count). The van der Waals surface area contributed by atoms with Gasteiger partial charge in [0.25, 0.3) is 0 Å². The quantitative estimate of drug-likeness (QED) is 0.871. The maximum Gasteiger partial charge on any atom is 0.123 e. The fourth-order valence-electron chi connectivity index (χ4n) is 2.16. The molecular formula is C18H22FNO. The topological polar surface area (TPSA) is 21.3 Å². The molecule has 2 aromatic carbocycles. The molecule has 0 fully saturated rings. The predicted molar refractivity (Wildman–Crippen MR) is 84.1 cm³/mol. The minimum atomic E-state index is -0.209. The molecule has 0 saturated heterocycles. The Morgan fingerprint density at radius 2 is 1.86 bits per heavy atom. The first-order chi connectivity index (χ1) is 10.1. The minimum Gasteiger partial charge on any atom is -0.489 e. The molecule has 0 bridgehead atoms. The lowest BCUT2D eigenvalue weighted by atomic mass is 10.1. The molecule has 0 aliphatic heterocycles. The van der Waals surface area contributed by atoms with E-state index in [1.54, 1.807) is 6.07 Å². The molecule has 1 N–H and O–H groups in total. The lowest BCUT2D eigenvalue weighted by Gasteiger charge is -2.12. The summed E-state index contributed by atoms with van der Waals surface area (Å²) in [4.78, 5) is 0. The molecule has 2 aromatic rings. The molecule has 0 saturated carbocycles. The van der Waals surface area contributed by atoms with Crippen molar-refractivity contribution in [3.8, 4) is 5.75 Å². The van der Waals surface area contributed by atoms with Gasteiger partial charge in [-0.15, -0.1) is 0 Å². The average Bonchev–Trinajstić information content (AvgIpc) is 2.48. The number of aryl methyl sites for hydroxylation is 1. The third kappa shape index (κ3) is 4.57. The predicted octanol–water partition coefficient (Wildman–Crippen LogP) is 3.86. The Hall–Kier alpha value is -1.87. The maximum atomic E-state index is 13.0. The maximum absolute atomic E-state index is 13.0. The fourth-order valence-corrected chi connectivity index (χ4v) is 2.16. The zero-order chi connectivity index (χ0) is 15.2. The van der Waals surface area contributed by atoms with E-state index >= 15 is 0 Å². The van der Waals surface area contributed by atoms with E-state index in [4.69, 9.17) is 4.74 Å². The number of hydrogen-bond donors (Lipinski definition) is 1. The second-order valence-corrected chi connectivity index (χ2v) is 5.40. The van der Waals surface area contributed by atoms with Crippen LogP contribution in [0.15, 0.2) is 42.5 Å². The fraction of sp³-hybridized carbons (Fsp3) is 0.333. The first kappa shape index (κ1) is 15.5. The van der Waals surface area contributed by atoms with Crippen molar-refractivity contribution in [1.82, 2.24) is 5.32 Å². The Balaban J connectivity index is 1.94. The molecule has 0 heterocycles. The van der Waals surface area contributed by atoms with Crippen LogP contribution in [0, 0.1) is 12.7 Å². The van der Waals surface area contributed by atoms with E-state index < -0.39 is 0 Å². The summed E-state index contributed by atoms with van der Waals surface area (Å²) < 4.78 is 18.8. The first-order valence-electron chi connectivity index (χ1n) is 7.22. The molecule has 0 aromatic heterocycles. The minimum absolute atomic E-state index is 0.209. The smallest absolute Gasteiger partial charge is 0.123 e. The largest absolute Gasteiger partial charge is 0.489 e. The summed E-state index contributed by atoms with van der Waals surface area (Å²) in [5.74, 6) is 0.624. The lowest BCUT2D eigenvalue weighted by molar-refractivity contribution is 0.305. The van der Waals surface area contributed by atoms with Crippen molar-refractivity contribution >= 4 is 0 Å². The van der Waals surface area contributed by atoms with E-state index in [0.717, 1.165) is 23.3 Å². The van der Waals surface area contributed by atoms with Crippen LogP contribution < -0.4 is 10.1 Å². The number of benzene rings is 2. The number of likely N-dealkylation sites (N-methyl/N-ethyl adjacent to an activating group) is 1. The van der Waals surface area contributed by atoms with Crippen LogP contribution in [0.2, 0.25) is 0 Å². The molecule has 2 nitrogen and oxygen atoms in total. The number of hydrogen-bond acceptors (Lipinski definition) is 2. The average molecular weight is 287 g/mol. The molecule has 112 valence electrons. The number of nitrogens with one attached hydrogen (secondary N) is 1. The summed E-state index contributed by atoms with van der Waals surface area (Å²) in [6.45, 7) is 4.50. The van der Waals surface area contributed by atoms with E-state index in [0.29, 0.717) is 12.6 Å². The summed E-state index contributed by atoms with van der Waals surface area (Å²) >= 11 is 0. The highest BCUT2D eigenvalue weighted by atomic mass is 19.1. The second kappa shape index (κ2) is 7.23. The highest BCUT2D eigenvalue weighted by molar-refractivity contribution is 5.30. The van der Waals surface area contributed by atoms with Crippen LogP contribution in [-0.2, 0) is 13.0 Å². The Morgan fingerprint density at radius 1 is 1.14 bits per heavy atom. The van der Waals surface area contributed by atoms with Crippen LogP contribution in [0.3, 0.4) is 0 Å². The van der Waals surface area contributed by atoms with Crippen LogP contribution in [0.5, 0.6) is 5.75 Å². The first-order valence-corrected chi connectivity index (χ1v) is 7.22. The monoisotopic (exact) mass is 287 g/mol. The second-order valence-electron chi connectivity index (χ2n) is 5.40. The van der Waals surface area contributed by atoms with Crippen molar-refractivity contribution in [3.05, 3.63) is 65.0 Å². The molecule has 0 amide bonds. The van der Waals surface area contributed by atoms with E-state index in [1.165, 1.54) is 17.7 Å². The van der Waals surface area contributed by atoms with Crippen LogP contribution in [0.1, 0.15) is 23.6 Å². The summed E-state index contributed by atoms with van der Waals surface area (Å²) in [7, 11) is 1.97. The Labute approximate surface area is 126 Å². The molecular weight excluding hydrogens is 265 g/mol. The van der Waals surface area contributed by atoms with Crippen LogP contribution >= 0.6 is 0 Å². The van der Waals surface area contributed by atoms with Gasteiger partial charge in [-0.1, -0.05) is 18.2 Å². The Bertz CT molecular complexity index is 580. The lowest BCUT2D eigenvalue weighted by Crippen LogP contribution is -2.23. The number of rotatable bonds is 6. The van der Waals surface area contributed by atoms with Gasteiger partial charge in [-0.25, -0.2) is 4.39 Å². The zero-order valence-electron chi connectivity index (χ0n) is 12.8. The van der Waals surface area contributed by atoms with Crippen molar-refractivity contribution < 1.29 is 9.13 Å². The third-order valence-corrected chi connectivity index (χ3v) is 3.66. The summed E-state index contributed by atoms with van der Waals surface area (Å²) in [6.07, 6.45) is 0.994. The van der Waals surface area contributed by atoms with E-state index in [2.05, 4.69) is 24.4 Å². The van der Waals surface area contributed by atoms with Gasteiger partial charge in [0.15, 0.2) is 0 Å². The summed E-state index contributed by atoms with van der Waals surface area (Å²) in [6, 6.07) is 13.4. The highest BCUT2D eigenvalue weighted by Gasteiger charge is 2.03. The standard InChI is InChI=1S/C18H22FNO/c1-13-10-17(19)7-6-16(13)12-21-18-8-4-15(5-9-18)11-14(2)20-3/h4-10,14,20H,11-12H2,1-3H3. The van der Waals surface area contributed by atoms with Gasteiger partial charge in [-0.05, 0) is 68.3 Å². The van der Waals surface area contributed by atoms with Crippen molar-refractivity contribution in [2.45, 2.75) is 32.9 Å². The van der Waals surface area contributed by atoms with Crippen LogP contribution in [0.4, 0.5) is 4.39 Å². The van der Waals surface area contributed by atoms with Crippen LogP contribution in [0.25, 0.3) is 0 Å². The molecule has 0 aliphatic carbocycles. The van der Waals surface area contributed by atoms with Gasteiger partial charge in [0.05, 0.1) is 0 Å². The summed E-state index contributed by atoms with van der Waals surface area (Å²) in [5, 5.41) is 3.22. The molecule has 3 heteroatoms. The van der Waals surface area contributed by atoms with Gasteiger partial charge < -0.3 is 10.1 Å². The third-order valence-electron chi connectivity index (χ3n) is 3.66. The molecule has 1 unspecified atom stereocenters. The Morgan fingerprint density at radius 3 is 2.48 bits per heavy atom. The zero-order valence-corrected chi connectivity index (χ0v) is 12.8. The molecule has 1 atom stereocenters. The van der Waals surface area contributed by atoms with Crippen molar-refractivity contribution in [1.29, 1.82) is 0 Å². The van der Waals surface area contributed by atoms with E-state index in [9.17, 15) is 4.39 Å². The Kier molecular flexibility index (Phi) is 5.34. The van der Waals surface area contributed by atoms with Gasteiger partial charge in [0.2, 0.25) is 0 Å².